The molecule has 0 saturated carbocycles. The molecule has 0 atom stereocenters. The molecule has 2 aromatic carbocycles. The first-order chi connectivity index (χ1) is 6.84. The maximum Gasteiger partial charge on any atom is 0.134 e. The van der Waals surface area contributed by atoms with Crippen LogP contribution in [0.4, 0.5) is 0 Å². The van der Waals surface area contributed by atoms with Crippen LogP contribution >= 0.6 is 0 Å². The molecule has 0 aliphatic rings. The monoisotopic (exact) mass is 182 g/mol. The van der Waals surface area contributed by atoms with E-state index in [-0.39, 0.29) is 0 Å². The topological polar surface area (TPSA) is 13.1 Å². The lowest BCUT2D eigenvalue weighted by Gasteiger charge is -1.99. The Balaban J connectivity index is 2.57. The third-order valence-corrected chi connectivity index (χ3v) is 2.61. The lowest BCUT2D eigenvalue weighted by molar-refractivity contribution is 0.616. The highest BCUT2D eigenvalue weighted by atomic mass is 16.3. The van der Waals surface area contributed by atoms with Crippen LogP contribution in [0.2, 0.25) is 0 Å². The number of fused-ring (bicyclic) bond motifs is 3. The van der Waals surface area contributed by atoms with E-state index in [1.54, 1.807) is 6.26 Å². The third kappa shape index (κ3) is 0.956. The Hall–Kier alpha value is -1.76. The van der Waals surface area contributed by atoms with Crippen LogP contribution in [-0.4, -0.2) is 0 Å². The minimum atomic E-state index is 0.960. The van der Waals surface area contributed by atoms with Gasteiger partial charge < -0.3 is 4.42 Å². The predicted octanol–water partition coefficient (Wildman–Crippen LogP) is 3.89. The molecule has 3 rings (SSSR count). The molecule has 0 saturated heterocycles. The van der Waals surface area contributed by atoms with Crippen molar-refractivity contribution in [3.05, 3.63) is 48.2 Å². The molecule has 0 aliphatic carbocycles. The van der Waals surface area contributed by atoms with Crippen LogP contribution in [0.5, 0.6) is 0 Å². The fraction of sp³-hybridized carbons (Fsp3) is 0.0769. The standard InChI is InChI=1S/C13H10O/c1-9-2-4-11-10(8-9)3-5-13-12(11)6-7-14-13/h2-8H,1H3. The highest BCUT2D eigenvalue weighted by molar-refractivity contribution is 6.05. The van der Waals surface area contributed by atoms with Gasteiger partial charge in [-0.2, -0.15) is 0 Å². The van der Waals surface area contributed by atoms with E-state index >= 15 is 0 Å². The largest absolute Gasteiger partial charge is 0.464 e. The number of aryl methyl sites for hydroxylation is 1. The lowest BCUT2D eigenvalue weighted by atomic mass is 10.0. The van der Waals surface area contributed by atoms with E-state index < -0.39 is 0 Å². The highest BCUT2D eigenvalue weighted by Crippen LogP contribution is 2.26. The Labute approximate surface area is 82.0 Å². The Morgan fingerprint density at radius 3 is 2.79 bits per heavy atom. The molecule has 0 unspecified atom stereocenters. The minimum Gasteiger partial charge on any atom is -0.464 e. The molecule has 68 valence electrons. The second-order valence-corrected chi connectivity index (χ2v) is 3.62. The summed E-state index contributed by atoms with van der Waals surface area (Å²) in [6, 6.07) is 12.6. The molecule has 1 heteroatoms. The van der Waals surface area contributed by atoms with Crippen LogP contribution < -0.4 is 0 Å². The maximum absolute atomic E-state index is 5.36. The zero-order chi connectivity index (χ0) is 9.54. The molecular formula is C13H10O. The molecular weight excluding hydrogens is 172 g/mol. The van der Waals surface area contributed by atoms with Gasteiger partial charge in [-0.25, -0.2) is 0 Å². The molecule has 0 amide bonds. The van der Waals surface area contributed by atoms with E-state index in [0.717, 1.165) is 5.58 Å². The quantitative estimate of drug-likeness (QED) is 0.514. The molecule has 0 aliphatic heterocycles. The van der Waals surface area contributed by atoms with Crippen molar-refractivity contribution in [1.29, 1.82) is 0 Å². The van der Waals surface area contributed by atoms with Crippen molar-refractivity contribution in [3.63, 3.8) is 0 Å². The van der Waals surface area contributed by atoms with Gasteiger partial charge in [-0.15, -0.1) is 0 Å². The van der Waals surface area contributed by atoms with Gasteiger partial charge in [0.05, 0.1) is 6.26 Å². The van der Waals surface area contributed by atoms with Crippen LogP contribution in [0.3, 0.4) is 0 Å². The van der Waals surface area contributed by atoms with Gasteiger partial charge >= 0.3 is 0 Å². The molecule has 1 aromatic heterocycles. The fourth-order valence-electron chi connectivity index (χ4n) is 1.90. The van der Waals surface area contributed by atoms with Crippen molar-refractivity contribution in [2.75, 3.05) is 0 Å². The summed E-state index contributed by atoms with van der Waals surface area (Å²) in [5.41, 5.74) is 2.25. The normalized spacial score (nSPS) is 11.2. The van der Waals surface area contributed by atoms with Crippen LogP contribution in [0.25, 0.3) is 21.7 Å². The van der Waals surface area contributed by atoms with Gasteiger partial charge in [0.2, 0.25) is 0 Å². The summed E-state index contributed by atoms with van der Waals surface area (Å²) in [6.45, 7) is 2.11. The molecule has 3 aromatic rings. The van der Waals surface area contributed by atoms with Gasteiger partial charge in [-0.3, -0.25) is 0 Å². The summed E-state index contributed by atoms with van der Waals surface area (Å²) in [5.74, 6) is 0. The Morgan fingerprint density at radius 2 is 1.86 bits per heavy atom. The molecule has 0 spiro atoms. The minimum absolute atomic E-state index is 0.960. The van der Waals surface area contributed by atoms with Gasteiger partial charge in [-0.1, -0.05) is 29.8 Å². The van der Waals surface area contributed by atoms with Crippen LogP contribution in [0.1, 0.15) is 5.56 Å². The summed E-state index contributed by atoms with van der Waals surface area (Å²) in [7, 11) is 0. The summed E-state index contributed by atoms with van der Waals surface area (Å²) >= 11 is 0. The molecule has 14 heavy (non-hydrogen) atoms. The van der Waals surface area contributed by atoms with Crippen molar-refractivity contribution in [2.24, 2.45) is 0 Å². The zero-order valence-corrected chi connectivity index (χ0v) is 7.95. The van der Waals surface area contributed by atoms with Gasteiger partial charge in [0.15, 0.2) is 0 Å². The number of hydrogen-bond acceptors (Lipinski definition) is 1. The van der Waals surface area contributed by atoms with E-state index in [2.05, 4.69) is 31.2 Å². The molecule has 1 nitrogen and oxygen atoms in total. The first-order valence-corrected chi connectivity index (χ1v) is 4.71. The third-order valence-electron chi connectivity index (χ3n) is 2.61. The molecule has 0 fully saturated rings. The first kappa shape index (κ1) is 7.63. The van der Waals surface area contributed by atoms with Gasteiger partial charge in [-0.05, 0) is 29.8 Å². The number of hydrogen-bond donors (Lipinski definition) is 0. The summed E-state index contributed by atoms with van der Waals surface area (Å²) in [5, 5.41) is 3.74. The molecule has 1 heterocycles. The summed E-state index contributed by atoms with van der Waals surface area (Å²) in [4.78, 5) is 0. The SMILES string of the molecule is Cc1ccc2c(ccc3occc32)c1. The average molecular weight is 182 g/mol. The van der Waals surface area contributed by atoms with Crippen molar-refractivity contribution in [2.45, 2.75) is 6.92 Å². The van der Waals surface area contributed by atoms with Crippen molar-refractivity contribution < 1.29 is 4.42 Å². The Bertz CT molecular complexity index is 605. The second kappa shape index (κ2) is 2.61. The van der Waals surface area contributed by atoms with E-state index in [1.807, 2.05) is 12.1 Å². The van der Waals surface area contributed by atoms with Gasteiger partial charge in [0.1, 0.15) is 5.58 Å². The van der Waals surface area contributed by atoms with Crippen molar-refractivity contribution in [1.82, 2.24) is 0 Å². The van der Waals surface area contributed by atoms with E-state index in [9.17, 15) is 0 Å². The number of benzene rings is 2. The smallest absolute Gasteiger partial charge is 0.134 e. The average Bonchev–Trinajstić information content (AvgIpc) is 2.65. The van der Waals surface area contributed by atoms with Crippen molar-refractivity contribution >= 4 is 21.7 Å². The summed E-state index contributed by atoms with van der Waals surface area (Å²) in [6.07, 6.45) is 1.74. The molecule has 0 radical (unpaired) electrons. The van der Waals surface area contributed by atoms with E-state index in [1.165, 1.54) is 21.7 Å². The van der Waals surface area contributed by atoms with Crippen LogP contribution in [0.15, 0.2) is 47.1 Å². The molecule has 0 N–H and O–H groups in total. The second-order valence-electron chi connectivity index (χ2n) is 3.62. The van der Waals surface area contributed by atoms with E-state index in [0.29, 0.717) is 0 Å². The summed E-state index contributed by atoms with van der Waals surface area (Å²) < 4.78 is 5.36. The maximum atomic E-state index is 5.36. The Kier molecular flexibility index (Phi) is 1.42. The first-order valence-electron chi connectivity index (χ1n) is 4.71. The number of furan rings is 1. The van der Waals surface area contributed by atoms with Gasteiger partial charge in [0.25, 0.3) is 0 Å². The fourth-order valence-corrected chi connectivity index (χ4v) is 1.90. The highest BCUT2D eigenvalue weighted by Gasteiger charge is 2.01. The number of rotatable bonds is 0. The van der Waals surface area contributed by atoms with Crippen LogP contribution in [0, 0.1) is 6.92 Å². The zero-order valence-electron chi connectivity index (χ0n) is 7.95. The predicted molar refractivity (Wildman–Crippen MR) is 58.5 cm³/mol. The van der Waals surface area contributed by atoms with E-state index in [4.69, 9.17) is 4.42 Å². The van der Waals surface area contributed by atoms with Crippen LogP contribution in [-0.2, 0) is 0 Å². The van der Waals surface area contributed by atoms with Crippen molar-refractivity contribution in [3.8, 4) is 0 Å². The Morgan fingerprint density at radius 1 is 0.929 bits per heavy atom. The van der Waals surface area contributed by atoms with Gasteiger partial charge in [0, 0.05) is 5.39 Å². The lowest BCUT2D eigenvalue weighted by Crippen LogP contribution is -1.75. The molecule has 0 bridgehead atoms.